The molecule has 0 fully saturated rings. The van der Waals surface area contributed by atoms with Crippen molar-refractivity contribution in [3.63, 3.8) is 0 Å². The molecule has 1 N–H and O–H groups in total. The van der Waals surface area contributed by atoms with Gasteiger partial charge < -0.3 is 0 Å². The number of hydrogen-bond acceptors (Lipinski definition) is 4. The number of benzene rings is 2. The summed E-state index contributed by atoms with van der Waals surface area (Å²) in [5.41, 5.74) is -1.65. The summed E-state index contributed by atoms with van der Waals surface area (Å²) in [5, 5.41) is 0.222. The number of carbonyl (C=O) groups is 1. The zero-order valence-corrected chi connectivity index (χ0v) is 22.6. The van der Waals surface area contributed by atoms with Crippen molar-refractivity contribution in [1.29, 1.82) is 0 Å². The van der Waals surface area contributed by atoms with E-state index < -0.39 is 58.3 Å². The van der Waals surface area contributed by atoms with Gasteiger partial charge in [0.15, 0.2) is 0 Å². The van der Waals surface area contributed by atoms with Crippen LogP contribution in [-0.4, -0.2) is 28.1 Å². The number of halogens is 10. The van der Waals surface area contributed by atoms with Crippen LogP contribution in [0.5, 0.6) is 0 Å². The maximum absolute atomic E-state index is 15.1. The number of allylic oxidation sites excluding steroid dienone is 1. The van der Waals surface area contributed by atoms with E-state index >= 15 is 4.39 Å². The molecule has 5 nitrogen and oxygen atoms in total. The van der Waals surface area contributed by atoms with Gasteiger partial charge in [0.05, 0.1) is 26.2 Å². The second kappa shape index (κ2) is 12.2. The highest BCUT2D eigenvalue weighted by Crippen LogP contribution is 2.42. The highest BCUT2D eigenvalue weighted by Gasteiger charge is 2.41. The first kappa shape index (κ1) is 31.4. The molecule has 214 valence electrons. The fourth-order valence-corrected chi connectivity index (χ4v) is 4.11. The normalized spacial score (nSPS) is 13.4. The third-order valence-electron chi connectivity index (χ3n) is 5.38. The molecular weight excluding hydrogens is 612 g/mol. The second-order valence-electron chi connectivity index (χ2n) is 8.54. The fraction of sp³-hybridized carbons (Fsp3) is 0.240. The van der Waals surface area contributed by atoms with Crippen LogP contribution >= 0.6 is 34.8 Å². The zero-order chi connectivity index (χ0) is 30.0. The molecule has 0 aliphatic rings. The highest BCUT2D eigenvalue weighted by atomic mass is 35.5. The van der Waals surface area contributed by atoms with Crippen LogP contribution in [0.2, 0.25) is 15.1 Å². The van der Waals surface area contributed by atoms with Gasteiger partial charge in [-0.15, -0.1) is 0 Å². The van der Waals surface area contributed by atoms with Crippen LogP contribution in [0.25, 0.3) is 5.83 Å². The predicted molar refractivity (Wildman–Crippen MR) is 138 cm³/mol. The number of rotatable bonds is 7. The van der Waals surface area contributed by atoms with Gasteiger partial charge in [-0.25, -0.2) is 19.4 Å². The van der Waals surface area contributed by atoms with Crippen molar-refractivity contribution in [2.45, 2.75) is 38.2 Å². The van der Waals surface area contributed by atoms with Crippen molar-refractivity contribution < 1.29 is 35.5 Å². The topological polar surface area (TPSA) is 58.1 Å². The summed E-state index contributed by atoms with van der Waals surface area (Å²) in [7, 11) is 0. The molecule has 40 heavy (non-hydrogen) atoms. The maximum Gasteiger partial charge on any atom is 0.417 e. The van der Waals surface area contributed by atoms with Crippen molar-refractivity contribution in [3.8, 4) is 0 Å². The summed E-state index contributed by atoms with van der Waals surface area (Å²) in [6.07, 6.45) is -7.46. The van der Waals surface area contributed by atoms with Crippen LogP contribution in [0, 0.1) is 0 Å². The van der Waals surface area contributed by atoms with E-state index in [0.717, 1.165) is 23.2 Å². The molecule has 0 aliphatic heterocycles. The van der Waals surface area contributed by atoms with Gasteiger partial charge in [0, 0.05) is 24.0 Å². The number of nitrogens with one attached hydrogen (secondary N) is 1. The van der Waals surface area contributed by atoms with Crippen molar-refractivity contribution in [2.75, 3.05) is 5.01 Å². The van der Waals surface area contributed by atoms with Crippen LogP contribution in [0.1, 0.15) is 46.8 Å². The lowest BCUT2D eigenvalue weighted by atomic mass is 9.95. The van der Waals surface area contributed by atoms with Gasteiger partial charge in [-0.1, -0.05) is 40.9 Å². The van der Waals surface area contributed by atoms with E-state index in [9.17, 15) is 31.1 Å². The largest absolute Gasteiger partial charge is 0.417 e. The lowest BCUT2D eigenvalue weighted by Crippen LogP contribution is -2.48. The minimum atomic E-state index is -5.17. The Bertz CT molecular complexity index is 1390. The number of amides is 1. The minimum absolute atomic E-state index is 0.00870. The molecule has 1 amide bonds. The number of aromatic nitrogens is 2. The molecule has 1 atom stereocenters. The molecule has 1 aromatic heterocycles. The third kappa shape index (κ3) is 7.35. The van der Waals surface area contributed by atoms with E-state index in [1.54, 1.807) is 13.8 Å². The molecule has 0 radical (unpaired) electrons. The van der Waals surface area contributed by atoms with Crippen molar-refractivity contribution in [3.05, 3.63) is 92.2 Å². The second-order valence-corrected chi connectivity index (χ2v) is 9.74. The average Bonchev–Trinajstić information content (AvgIpc) is 2.87. The maximum atomic E-state index is 15.1. The first-order valence-corrected chi connectivity index (χ1v) is 12.3. The first-order chi connectivity index (χ1) is 18.5. The number of hydrogen-bond donors (Lipinski definition) is 1. The summed E-state index contributed by atoms with van der Waals surface area (Å²) in [6.45, 7) is 3.23. The standard InChI is InChI=1S/C25H18Cl3F7N4O/c1-12(2)39(23-36-6-3-7-37-23)38-22(40)15-5-4-13(8-17(15)25(33,34)35)20(29)11-16(24(30,31)32)14-9-18(26)21(28)19(27)10-14/h3-12,16H,1-2H3,(H,38,40). The molecule has 0 saturated carbocycles. The van der Waals surface area contributed by atoms with Crippen molar-refractivity contribution in [2.24, 2.45) is 0 Å². The van der Waals surface area contributed by atoms with Crippen LogP contribution in [0.15, 0.2) is 54.9 Å². The molecule has 3 aromatic rings. The number of alkyl halides is 6. The zero-order valence-electron chi connectivity index (χ0n) is 20.4. The highest BCUT2D eigenvalue weighted by molar-refractivity contribution is 6.48. The van der Waals surface area contributed by atoms with Crippen LogP contribution < -0.4 is 10.4 Å². The van der Waals surface area contributed by atoms with Gasteiger partial charge in [0.25, 0.3) is 5.91 Å². The fourth-order valence-electron chi connectivity index (χ4n) is 3.50. The Hall–Kier alpha value is -3.09. The van der Waals surface area contributed by atoms with Gasteiger partial charge in [-0.2, -0.15) is 26.3 Å². The molecule has 2 aromatic carbocycles. The van der Waals surface area contributed by atoms with E-state index in [0.29, 0.717) is 6.07 Å². The number of anilines is 1. The molecule has 0 bridgehead atoms. The third-order valence-corrected chi connectivity index (χ3v) is 6.58. The van der Waals surface area contributed by atoms with E-state index in [4.69, 9.17) is 34.8 Å². The molecule has 0 saturated heterocycles. The SMILES string of the molecule is CC(C)N(NC(=O)c1ccc(C(F)=CC(c2cc(Cl)c(Cl)c(Cl)c2)C(F)(F)F)cc1C(F)(F)F)c1ncccn1. The number of hydrazine groups is 1. The number of carbonyl (C=O) groups excluding carboxylic acids is 1. The van der Waals surface area contributed by atoms with Gasteiger partial charge in [0.2, 0.25) is 5.95 Å². The summed E-state index contributed by atoms with van der Waals surface area (Å²) >= 11 is 17.4. The van der Waals surface area contributed by atoms with E-state index in [2.05, 4.69) is 15.4 Å². The van der Waals surface area contributed by atoms with Crippen molar-refractivity contribution >= 4 is 52.5 Å². The lowest BCUT2D eigenvalue weighted by Gasteiger charge is -2.27. The quantitative estimate of drug-likeness (QED) is 0.161. The van der Waals surface area contributed by atoms with Gasteiger partial charge in [-0.3, -0.25) is 10.2 Å². The van der Waals surface area contributed by atoms with Gasteiger partial charge in [0.1, 0.15) is 11.7 Å². The summed E-state index contributed by atoms with van der Waals surface area (Å²) in [4.78, 5) is 20.8. The number of nitrogens with zero attached hydrogens (tertiary/aromatic N) is 3. The van der Waals surface area contributed by atoms with Crippen LogP contribution in [0.3, 0.4) is 0 Å². The molecular formula is C25H18Cl3F7N4O. The van der Waals surface area contributed by atoms with Crippen molar-refractivity contribution in [1.82, 2.24) is 15.4 Å². The first-order valence-electron chi connectivity index (χ1n) is 11.2. The van der Waals surface area contributed by atoms with Gasteiger partial charge >= 0.3 is 12.4 Å². The molecule has 3 rings (SSSR count). The Morgan fingerprint density at radius 3 is 2.05 bits per heavy atom. The Morgan fingerprint density at radius 1 is 0.975 bits per heavy atom. The summed E-state index contributed by atoms with van der Waals surface area (Å²) < 4.78 is 98.4. The van der Waals surface area contributed by atoms with E-state index in [-0.39, 0.29) is 33.2 Å². The van der Waals surface area contributed by atoms with Gasteiger partial charge in [-0.05, 0) is 55.8 Å². The summed E-state index contributed by atoms with van der Waals surface area (Å²) in [6, 6.07) is 4.30. The smallest absolute Gasteiger partial charge is 0.267 e. The predicted octanol–water partition coefficient (Wildman–Crippen LogP) is 8.67. The molecule has 0 aliphatic carbocycles. The Labute approximate surface area is 238 Å². The molecule has 1 unspecified atom stereocenters. The monoisotopic (exact) mass is 628 g/mol. The molecule has 15 heteroatoms. The Kier molecular flexibility index (Phi) is 9.58. The van der Waals surface area contributed by atoms with Crippen LogP contribution in [0.4, 0.5) is 36.7 Å². The van der Waals surface area contributed by atoms with E-state index in [1.807, 2.05) is 0 Å². The lowest BCUT2D eigenvalue weighted by molar-refractivity contribution is -0.140. The average molecular weight is 630 g/mol. The molecule has 0 spiro atoms. The van der Waals surface area contributed by atoms with E-state index in [1.165, 1.54) is 18.5 Å². The summed E-state index contributed by atoms with van der Waals surface area (Å²) in [5.74, 6) is -5.51. The Morgan fingerprint density at radius 2 is 1.55 bits per heavy atom. The molecule has 1 heterocycles. The minimum Gasteiger partial charge on any atom is -0.267 e. The Balaban J connectivity index is 2.04. The van der Waals surface area contributed by atoms with Crippen LogP contribution in [-0.2, 0) is 6.18 Å².